The molecule has 2 aliphatic rings. The van der Waals surface area contributed by atoms with Crippen LogP contribution in [0.3, 0.4) is 0 Å². The lowest BCUT2D eigenvalue weighted by Crippen LogP contribution is -2.45. The Balaban J connectivity index is 1.34. The summed E-state index contributed by atoms with van der Waals surface area (Å²) < 4.78 is 5.63. The third-order valence-electron chi connectivity index (χ3n) is 6.61. The third kappa shape index (κ3) is 5.07. The van der Waals surface area contributed by atoms with Gasteiger partial charge in [0.2, 0.25) is 5.91 Å². The fraction of sp³-hybridized carbons (Fsp3) is 0.370. The quantitative estimate of drug-likeness (QED) is 0.615. The summed E-state index contributed by atoms with van der Waals surface area (Å²) in [5.41, 5.74) is 4.62. The number of nitrogens with one attached hydrogen (secondary N) is 1. The van der Waals surface area contributed by atoms with E-state index < -0.39 is 18.6 Å². The van der Waals surface area contributed by atoms with Gasteiger partial charge in [0, 0.05) is 17.9 Å². The van der Waals surface area contributed by atoms with E-state index >= 15 is 0 Å². The number of carbonyl (C=O) groups is 3. The Morgan fingerprint density at radius 1 is 1.06 bits per heavy atom. The van der Waals surface area contributed by atoms with Gasteiger partial charge in [-0.3, -0.25) is 9.59 Å². The lowest BCUT2D eigenvalue weighted by Gasteiger charge is -2.31. The number of terminal acetylenes is 1. The second kappa shape index (κ2) is 10.4. The van der Waals surface area contributed by atoms with E-state index in [0.717, 1.165) is 24.0 Å². The van der Waals surface area contributed by atoms with Crippen molar-refractivity contribution in [3.63, 3.8) is 0 Å². The molecule has 4 rings (SSSR count). The molecule has 0 heterocycles. The highest BCUT2D eigenvalue weighted by atomic mass is 16.5. The van der Waals surface area contributed by atoms with E-state index in [1.807, 2.05) is 24.3 Å². The normalized spacial score (nSPS) is 18.8. The van der Waals surface area contributed by atoms with Gasteiger partial charge in [-0.2, -0.15) is 0 Å². The van der Waals surface area contributed by atoms with E-state index in [-0.39, 0.29) is 36.9 Å². The van der Waals surface area contributed by atoms with Crippen LogP contribution in [0.1, 0.15) is 42.7 Å². The molecule has 34 heavy (non-hydrogen) atoms. The first-order valence-electron chi connectivity index (χ1n) is 11.5. The minimum atomic E-state index is -1.10. The van der Waals surface area contributed by atoms with Crippen LogP contribution in [0.25, 0.3) is 11.1 Å². The number of carboxylic acid groups (broad SMARTS) is 1. The van der Waals surface area contributed by atoms with Crippen molar-refractivity contribution >= 4 is 18.0 Å². The molecule has 2 amide bonds. The molecule has 176 valence electrons. The van der Waals surface area contributed by atoms with Gasteiger partial charge in [-0.05, 0) is 41.5 Å². The number of amides is 2. The number of carboxylic acids is 1. The summed E-state index contributed by atoms with van der Waals surface area (Å²) in [4.78, 5) is 37.7. The van der Waals surface area contributed by atoms with Gasteiger partial charge >= 0.3 is 12.1 Å². The maximum absolute atomic E-state index is 12.8. The van der Waals surface area contributed by atoms with Crippen LogP contribution in [0, 0.1) is 18.3 Å². The van der Waals surface area contributed by atoms with Crippen molar-refractivity contribution in [3.05, 3.63) is 59.7 Å². The SMILES string of the molecule is C#CCN(CC(=O)O)C(=O)[C@@H]1CCC[C@H](NC(=O)OCC2c3ccccc3-c3ccccc32)C1. The number of hydrogen-bond acceptors (Lipinski definition) is 4. The first-order chi connectivity index (χ1) is 16.5. The number of aliphatic carboxylic acids is 1. The number of rotatable bonds is 7. The summed E-state index contributed by atoms with van der Waals surface area (Å²) in [6.45, 7) is -0.250. The molecule has 7 nitrogen and oxygen atoms in total. The Hall–Kier alpha value is -3.79. The van der Waals surface area contributed by atoms with Crippen LogP contribution in [-0.2, 0) is 14.3 Å². The Bertz CT molecular complexity index is 1080. The average molecular weight is 461 g/mol. The van der Waals surface area contributed by atoms with Crippen LogP contribution >= 0.6 is 0 Å². The van der Waals surface area contributed by atoms with Gasteiger partial charge in [-0.1, -0.05) is 60.9 Å². The summed E-state index contributed by atoms with van der Waals surface area (Å²) in [7, 11) is 0. The minimum Gasteiger partial charge on any atom is -0.480 e. The van der Waals surface area contributed by atoms with Crippen LogP contribution in [-0.4, -0.2) is 53.7 Å². The predicted octanol–water partition coefficient (Wildman–Crippen LogP) is 3.63. The third-order valence-corrected chi connectivity index (χ3v) is 6.61. The van der Waals surface area contributed by atoms with E-state index in [0.29, 0.717) is 12.8 Å². The summed E-state index contributed by atoms with van der Waals surface area (Å²) in [5, 5.41) is 12.0. The molecule has 2 atom stereocenters. The summed E-state index contributed by atoms with van der Waals surface area (Å²) in [5.74, 6) is 0.568. The lowest BCUT2D eigenvalue weighted by molar-refractivity contribution is -0.146. The van der Waals surface area contributed by atoms with Gasteiger partial charge in [0.15, 0.2) is 0 Å². The molecule has 1 saturated carbocycles. The maximum atomic E-state index is 12.8. The van der Waals surface area contributed by atoms with Crippen molar-refractivity contribution < 1.29 is 24.2 Å². The van der Waals surface area contributed by atoms with Crippen molar-refractivity contribution in [2.75, 3.05) is 19.7 Å². The molecule has 2 N–H and O–H groups in total. The van der Waals surface area contributed by atoms with Crippen molar-refractivity contribution in [3.8, 4) is 23.5 Å². The second-order valence-corrected chi connectivity index (χ2v) is 8.82. The molecule has 0 saturated heterocycles. The van der Waals surface area contributed by atoms with Crippen molar-refractivity contribution in [1.82, 2.24) is 10.2 Å². The smallest absolute Gasteiger partial charge is 0.407 e. The first-order valence-corrected chi connectivity index (χ1v) is 11.5. The molecule has 0 spiro atoms. The highest BCUT2D eigenvalue weighted by molar-refractivity contribution is 5.83. The zero-order chi connectivity index (χ0) is 24.1. The Labute approximate surface area is 199 Å². The number of nitrogens with zero attached hydrogens (tertiary/aromatic N) is 1. The van der Waals surface area contributed by atoms with Crippen molar-refractivity contribution in [2.24, 2.45) is 5.92 Å². The molecule has 2 aromatic carbocycles. The fourth-order valence-corrected chi connectivity index (χ4v) is 5.10. The van der Waals surface area contributed by atoms with Crippen LogP contribution in [0.2, 0.25) is 0 Å². The maximum Gasteiger partial charge on any atom is 0.407 e. The van der Waals surface area contributed by atoms with E-state index in [1.165, 1.54) is 16.0 Å². The van der Waals surface area contributed by atoms with Gasteiger partial charge in [-0.15, -0.1) is 6.42 Å². The van der Waals surface area contributed by atoms with E-state index in [9.17, 15) is 14.4 Å². The van der Waals surface area contributed by atoms with Gasteiger partial charge in [-0.25, -0.2) is 4.79 Å². The van der Waals surface area contributed by atoms with Gasteiger partial charge in [0.1, 0.15) is 13.2 Å². The average Bonchev–Trinajstić information content (AvgIpc) is 3.16. The molecule has 0 aromatic heterocycles. The predicted molar refractivity (Wildman–Crippen MR) is 127 cm³/mol. The van der Waals surface area contributed by atoms with Crippen molar-refractivity contribution in [2.45, 2.75) is 37.6 Å². The molecule has 0 radical (unpaired) electrons. The topological polar surface area (TPSA) is 95.9 Å². The highest BCUT2D eigenvalue weighted by Crippen LogP contribution is 2.44. The van der Waals surface area contributed by atoms with E-state index in [4.69, 9.17) is 16.3 Å². The number of hydrogen-bond donors (Lipinski definition) is 2. The zero-order valence-electron chi connectivity index (χ0n) is 18.9. The van der Waals surface area contributed by atoms with Crippen LogP contribution in [0.15, 0.2) is 48.5 Å². The largest absolute Gasteiger partial charge is 0.480 e. The highest BCUT2D eigenvalue weighted by Gasteiger charge is 2.33. The van der Waals surface area contributed by atoms with Crippen LogP contribution < -0.4 is 5.32 Å². The second-order valence-electron chi connectivity index (χ2n) is 8.82. The van der Waals surface area contributed by atoms with Gasteiger partial charge < -0.3 is 20.1 Å². The van der Waals surface area contributed by atoms with Crippen molar-refractivity contribution in [1.29, 1.82) is 0 Å². The number of ether oxygens (including phenoxy) is 1. The molecule has 0 bridgehead atoms. The van der Waals surface area contributed by atoms with E-state index in [2.05, 4.69) is 35.5 Å². The molecule has 2 aromatic rings. The molecular formula is C27H28N2O5. The van der Waals surface area contributed by atoms with Crippen LogP contribution in [0.4, 0.5) is 4.79 Å². The molecule has 2 aliphatic carbocycles. The minimum absolute atomic E-state index is 0.0211. The summed E-state index contributed by atoms with van der Waals surface area (Å²) >= 11 is 0. The first kappa shape index (κ1) is 23.4. The van der Waals surface area contributed by atoms with Gasteiger partial charge in [0.05, 0.1) is 6.54 Å². The number of fused-ring (bicyclic) bond motifs is 3. The molecular weight excluding hydrogens is 432 g/mol. The fourth-order valence-electron chi connectivity index (χ4n) is 5.10. The number of benzene rings is 2. The number of alkyl carbamates (subject to hydrolysis) is 1. The Morgan fingerprint density at radius 2 is 1.71 bits per heavy atom. The Kier molecular flexibility index (Phi) is 7.17. The lowest BCUT2D eigenvalue weighted by atomic mass is 9.85. The standard InChI is InChI=1S/C27H28N2O5/c1-2-14-29(16-25(30)31)26(32)18-8-7-9-19(15-18)28-27(33)34-17-24-22-12-5-3-10-20(22)21-11-4-6-13-23(21)24/h1,3-6,10-13,18-19,24H,7-9,14-17H2,(H,28,33)(H,30,31)/t18-,19+/m1/s1. The number of carbonyl (C=O) groups excluding carboxylic acids is 2. The van der Waals surface area contributed by atoms with Crippen LogP contribution in [0.5, 0.6) is 0 Å². The van der Waals surface area contributed by atoms with E-state index in [1.54, 1.807) is 0 Å². The summed E-state index contributed by atoms with van der Waals surface area (Å²) in [6.07, 6.45) is 7.36. The molecule has 0 unspecified atom stereocenters. The summed E-state index contributed by atoms with van der Waals surface area (Å²) in [6, 6.07) is 16.1. The molecule has 1 fully saturated rings. The van der Waals surface area contributed by atoms with Gasteiger partial charge in [0.25, 0.3) is 0 Å². The zero-order valence-corrected chi connectivity index (χ0v) is 18.9. The monoisotopic (exact) mass is 460 g/mol. The Morgan fingerprint density at radius 3 is 2.32 bits per heavy atom. The molecule has 0 aliphatic heterocycles. The molecule has 7 heteroatoms.